The van der Waals surface area contributed by atoms with Crippen molar-refractivity contribution in [3.8, 4) is 5.75 Å². The predicted octanol–water partition coefficient (Wildman–Crippen LogP) is 6.53. The molecular formula is C26H34ClN3O2. The van der Waals surface area contributed by atoms with Crippen LogP contribution >= 0.6 is 11.6 Å². The second-order valence-electron chi connectivity index (χ2n) is 8.16. The van der Waals surface area contributed by atoms with Crippen LogP contribution in [0.2, 0.25) is 5.02 Å². The Morgan fingerprint density at radius 3 is 2.41 bits per heavy atom. The number of fused-ring (bicyclic) bond motifs is 1. The van der Waals surface area contributed by atoms with Crippen LogP contribution < -0.4 is 10.1 Å². The van der Waals surface area contributed by atoms with Crippen LogP contribution in [0.4, 0.5) is 0 Å². The highest BCUT2D eigenvalue weighted by atomic mass is 35.5. The lowest BCUT2D eigenvalue weighted by molar-refractivity contribution is -0.123. The number of rotatable bonds is 14. The summed E-state index contributed by atoms with van der Waals surface area (Å²) in [5.74, 6) is 1.33. The van der Waals surface area contributed by atoms with E-state index in [0.29, 0.717) is 17.3 Å². The highest BCUT2D eigenvalue weighted by molar-refractivity contribution is 6.30. The van der Waals surface area contributed by atoms with Crippen LogP contribution in [0, 0.1) is 0 Å². The minimum absolute atomic E-state index is 0.0418. The molecule has 0 atom stereocenters. The highest BCUT2D eigenvalue weighted by Gasteiger charge is 2.12. The number of carbonyl (C=O) groups excluding carboxylic acids is 1. The Morgan fingerprint density at radius 1 is 0.969 bits per heavy atom. The van der Waals surface area contributed by atoms with Gasteiger partial charge >= 0.3 is 0 Å². The van der Waals surface area contributed by atoms with Gasteiger partial charge in [0.1, 0.15) is 11.6 Å². The smallest absolute Gasteiger partial charge is 0.258 e. The fourth-order valence-electron chi connectivity index (χ4n) is 3.82. The number of aromatic nitrogens is 2. The van der Waals surface area contributed by atoms with Crippen molar-refractivity contribution in [1.29, 1.82) is 0 Å². The molecule has 1 amide bonds. The van der Waals surface area contributed by atoms with Crippen molar-refractivity contribution in [2.24, 2.45) is 0 Å². The second-order valence-corrected chi connectivity index (χ2v) is 8.60. The summed E-state index contributed by atoms with van der Waals surface area (Å²) in [6.45, 7) is 3.51. The van der Waals surface area contributed by atoms with Gasteiger partial charge in [-0.15, -0.1) is 0 Å². The number of ether oxygens (including phenoxy) is 1. The molecule has 0 radical (unpaired) electrons. The lowest BCUT2D eigenvalue weighted by Crippen LogP contribution is -2.29. The summed E-state index contributed by atoms with van der Waals surface area (Å²) in [5.41, 5.74) is 2.09. The monoisotopic (exact) mass is 455 g/mol. The number of amides is 1. The molecule has 3 rings (SSSR count). The van der Waals surface area contributed by atoms with E-state index in [1.807, 2.05) is 18.2 Å². The van der Waals surface area contributed by atoms with Crippen molar-refractivity contribution in [3.05, 3.63) is 59.4 Å². The van der Waals surface area contributed by atoms with E-state index in [9.17, 15) is 4.79 Å². The van der Waals surface area contributed by atoms with E-state index in [-0.39, 0.29) is 12.5 Å². The Bertz CT molecular complexity index is 969. The van der Waals surface area contributed by atoms with E-state index in [2.05, 4.69) is 22.9 Å². The average molecular weight is 456 g/mol. The molecule has 0 aliphatic carbocycles. The van der Waals surface area contributed by atoms with Crippen LogP contribution in [0.15, 0.2) is 48.5 Å². The minimum Gasteiger partial charge on any atom is -0.484 e. The van der Waals surface area contributed by atoms with Crippen molar-refractivity contribution in [1.82, 2.24) is 14.9 Å². The lowest BCUT2D eigenvalue weighted by atomic mass is 10.1. The van der Waals surface area contributed by atoms with E-state index >= 15 is 0 Å². The SMILES string of the molecule is CCCCCCCCCCn1c(CNC(=O)COc2ccc(Cl)cc2)nc2ccccc21. The van der Waals surface area contributed by atoms with Gasteiger partial charge < -0.3 is 14.6 Å². The molecular weight excluding hydrogens is 422 g/mol. The van der Waals surface area contributed by atoms with Crippen molar-refractivity contribution < 1.29 is 9.53 Å². The third-order valence-corrected chi connectivity index (χ3v) is 5.85. The summed E-state index contributed by atoms with van der Waals surface area (Å²) in [6.07, 6.45) is 10.3. The van der Waals surface area contributed by atoms with Gasteiger partial charge in [-0.3, -0.25) is 4.79 Å². The molecule has 0 aliphatic heterocycles. The number of nitrogens with zero attached hydrogens (tertiary/aromatic N) is 2. The Morgan fingerprint density at radius 2 is 1.66 bits per heavy atom. The molecule has 0 unspecified atom stereocenters. The number of aryl methyl sites for hydroxylation is 1. The Hall–Kier alpha value is -2.53. The molecule has 1 heterocycles. The summed E-state index contributed by atoms with van der Waals surface area (Å²) in [4.78, 5) is 17.0. The first-order valence-corrected chi connectivity index (χ1v) is 12.1. The Kier molecular flexibility index (Phi) is 9.89. The normalized spacial score (nSPS) is 11.1. The van der Waals surface area contributed by atoms with E-state index in [1.54, 1.807) is 24.3 Å². The van der Waals surface area contributed by atoms with Crippen molar-refractivity contribution in [2.75, 3.05) is 6.61 Å². The van der Waals surface area contributed by atoms with E-state index in [1.165, 1.54) is 44.9 Å². The first-order valence-electron chi connectivity index (χ1n) is 11.8. The van der Waals surface area contributed by atoms with Crippen LogP contribution in [0.25, 0.3) is 11.0 Å². The first kappa shape index (κ1) is 24.1. The Labute approximate surface area is 196 Å². The fraction of sp³-hybridized carbons (Fsp3) is 0.462. The minimum atomic E-state index is -0.175. The van der Waals surface area contributed by atoms with Crippen LogP contribution in [0.5, 0.6) is 5.75 Å². The van der Waals surface area contributed by atoms with Gasteiger partial charge in [0.05, 0.1) is 17.6 Å². The molecule has 0 spiro atoms. The lowest BCUT2D eigenvalue weighted by Gasteiger charge is -2.11. The zero-order valence-corrected chi connectivity index (χ0v) is 19.7. The van der Waals surface area contributed by atoms with Gasteiger partial charge in [0, 0.05) is 11.6 Å². The summed E-state index contributed by atoms with van der Waals surface area (Å²) >= 11 is 5.88. The summed E-state index contributed by atoms with van der Waals surface area (Å²) in [5, 5.41) is 3.58. The van der Waals surface area contributed by atoms with Gasteiger partial charge in [0.2, 0.25) is 0 Å². The number of carbonyl (C=O) groups is 1. The van der Waals surface area contributed by atoms with Crippen molar-refractivity contribution in [3.63, 3.8) is 0 Å². The topological polar surface area (TPSA) is 56.2 Å². The average Bonchev–Trinajstić information content (AvgIpc) is 3.16. The zero-order chi connectivity index (χ0) is 22.6. The van der Waals surface area contributed by atoms with E-state index in [4.69, 9.17) is 21.3 Å². The molecule has 1 N–H and O–H groups in total. The zero-order valence-electron chi connectivity index (χ0n) is 19.0. The largest absolute Gasteiger partial charge is 0.484 e. The van der Waals surface area contributed by atoms with Gasteiger partial charge in [0.15, 0.2) is 6.61 Å². The number of hydrogen-bond acceptors (Lipinski definition) is 3. The molecule has 172 valence electrons. The summed E-state index contributed by atoms with van der Waals surface area (Å²) in [6, 6.07) is 15.1. The standard InChI is InChI=1S/C26H34ClN3O2/c1-2-3-4-5-6-7-8-11-18-30-24-13-10-9-12-23(24)29-25(30)19-28-26(31)20-32-22-16-14-21(27)15-17-22/h9-10,12-17H,2-8,11,18-20H2,1H3,(H,28,31). The molecule has 0 saturated heterocycles. The summed E-state index contributed by atoms with van der Waals surface area (Å²) in [7, 11) is 0. The third kappa shape index (κ3) is 7.56. The number of nitrogens with one attached hydrogen (secondary N) is 1. The van der Waals surface area contributed by atoms with Crippen LogP contribution in [-0.4, -0.2) is 22.1 Å². The van der Waals surface area contributed by atoms with Gasteiger partial charge in [-0.05, 0) is 42.8 Å². The van der Waals surface area contributed by atoms with E-state index < -0.39 is 0 Å². The van der Waals surface area contributed by atoms with Crippen LogP contribution in [0.3, 0.4) is 0 Å². The molecule has 0 fully saturated rings. The maximum absolute atomic E-state index is 12.3. The third-order valence-electron chi connectivity index (χ3n) is 5.60. The predicted molar refractivity (Wildman–Crippen MR) is 131 cm³/mol. The first-order chi connectivity index (χ1) is 15.7. The number of imidazole rings is 1. The molecule has 5 nitrogen and oxygen atoms in total. The van der Waals surface area contributed by atoms with Gasteiger partial charge in [-0.2, -0.15) is 0 Å². The number of hydrogen-bond donors (Lipinski definition) is 1. The highest BCUT2D eigenvalue weighted by Crippen LogP contribution is 2.18. The maximum Gasteiger partial charge on any atom is 0.258 e. The molecule has 32 heavy (non-hydrogen) atoms. The number of benzene rings is 2. The number of para-hydroxylation sites is 2. The molecule has 1 aromatic heterocycles. The molecule has 2 aromatic carbocycles. The quantitative estimate of drug-likeness (QED) is 0.281. The molecule has 3 aromatic rings. The van der Waals surface area contributed by atoms with Gasteiger partial charge in [-0.1, -0.05) is 75.6 Å². The molecule has 0 saturated carbocycles. The molecule has 6 heteroatoms. The second kappa shape index (κ2) is 13.1. The van der Waals surface area contributed by atoms with Gasteiger partial charge in [-0.25, -0.2) is 4.98 Å². The van der Waals surface area contributed by atoms with Crippen molar-refractivity contribution >= 4 is 28.5 Å². The molecule has 0 aliphatic rings. The van der Waals surface area contributed by atoms with Crippen LogP contribution in [0.1, 0.15) is 64.1 Å². The van der Waals surface area contributed by atoms with E-state index in [0.717, 1.165) is 29.8 Å². The number of unbranched alkanes of at least 4 members (excludes halogenated alkanes) is 7. The van der Waals surface area contributed by atoms with Gasteiger partial charge in [0.25, 0.3) is 5.91 Å². The maximum atomic E-state index is 12.3. The van der Waals surface area contributed by atoms with Crippen molar-refractivity contribution in [2.45, 2.75) is 71.4 Å². The fourth-order valence-corrected chi connectivity index (χ4v) is 3.95. The molecule has 0 bridgehead atoms. The van der Waals surface area contributed by atoms with Crippen LogP contribution in [-0.2, 0) is 17.9 Å². The number of halogens is 1. The Balaban J connectivity index is 1.49. The summed E-state index contributed by atoms with van der Waals surface area (Å²) < 4.78 is 7.77.